The molecule has 8 N–H and O–H groups in total. The molecule has 20 heteroatoms. The topological polar surface area (TPSA) is 231 Å². The summed E-state index contributed by atoms with van der Waals surface area (Å²) >= 11 is 10.9. The lowest BCUT2D eigenvalue weighted by Gasteiger charge is -2.19. The fraction of sp³-hybridized carbons (Fsp3) is 0.357. The highest BCUT2D eigenvalue weighted by molar-refractivity contribution is 14.1. The number of anilines is 2. The lowest BCUT2D eigenvalue weighted by Crippen LogP contribution is -2.32. The van der Waals surface area contributed by atoms with Crippen LogP contribution < -0.4 is 21.3 Å². The van der Waals surface area contributed by atoms with E-state index in [0.717, 1.165) is 0 Å². The molecule has 0 bridgehead atoms. The minimum atomic E-state index is -1.29. The van der Waals surface area contributed by atoms with Crippen molar-refractivity contribution in [2.75, 3.05) is 23.7 Å². The smallest absolute Gasteiger partial charge is 0.337 e. The van der Waals surface area contributed by atoms with Gasteiger partial charge < -0.3 is 41.7 Å². The number of hydrogen-bond donors (Lipinski definition) is 8. The van der Waals surface area contributed by atoms with Crippen molar-refractivity contribution < 1.29 is 49.2 Å². The third-order valence-electron chi connectivity index (χ3n) is 6.22. The Labute approximate surface area is 356 Å². The van der Waals surface area contributed by atoms with Crippen LogP contribution in [0.25, 0.3) is 0 Å². The first-order chi connectivity index (χ1) is 22.3. The van der Waals surface area contributed by atoms with E-state index in [1.807, 2.05) is 45.2 Å². The maximum atomic E-state index is 12.9. The molecule has 14 nitrogen and oxygen atoms in total. The Balaban J connectivity index is 2.18. The van der Waals surface area contributed by atoms with E-state index in [4.69, 9.17) is 0 Å². The number of carboxylic acid groups (broad SMARTS) is 2. The number of unbranched alkanes of at least 4 members (excludes halogenated alkanes) is 1. The van der Waals surface area contributed by atoms with Gasteiger partial charge in [-0.05, 0) is 162 Å². The minimum Gasteiger partial charge on any atom is -0.478 e. The van der Waals surface area contributed by atoms with Crippen LogP contribution in [0.2, 0.25) is 0 Å². The molecule has 2 aromatic rings. The third kappa shape index (κ3) is 11.5. The van der Waals surface area contributed by atoms with E-state index in [-0.39, 0.29) is 86.7 Å². The van der Waals surface area contributed by atoms with E-state index in [2.05, 4.69) is 21.3 Å². The van der Waals surface area contributed by atoms with E-state index in [1.165, 1.54) is 13.8 Å². The first-order valence-corrected chi connectivity index (χ1v) is 20.2. The lowest BCUT2D eigenvalue weighted by molar-refractivity contribution is -0.118. The van der Waals surface area contributed by atoms with Gasteiger partial charge in [-0.1, -0.05) is 0 Å². The van der Waals surface area contributed by atoms with Gasteiger partial charge in [0.05, 0.1) is 60.1 Å². The summed E-state index contributed by atoms with van der Waals surface area (Å²) < 4.78 is 1.47. The first kappa shape index (κ1) is 43.7. The summed E-state index contributed by atoms with van der Waals surface area (Å²) in [6, 6.07) is 0. The molecule has 0 fully saturated rings. The Kier molecular flexibility index (Phi) is 18.2. The second-order valence-electron chi connectivity index (χ2n) is 10.2. The van der Waals surface area contributed by atoms with Crippen LogP contribution in [-0.2, 0) is 9.59 Å². The summed E-state index contributed by atoms with van der Waals surface area (Å²) in [6.07, 6.45) is -1.20. The summed E-state index contributed by atoms with van der Waals surface area (Å²) in [6.45, 7) is 2.86. The van der Waals surface area contributed by atoms with Gasteiger partial charge in [-0.25, -0.2) is 9.59 Å². The van der Waals surface area contributed by atoms with Gasteiger partial charge in [-0.15, -0.1) is 0 Å². The number of carbonyl (C=O) groups excluding carboxylic acids is 4. The van der Waals surface area contributed by atoms with Crippen LogP contribution in [-0.4, -0.2) is 81.3 Å². The second-order valence-corrected chi connectivity index (χ2v) is 16.6. The molecular formula is C28H28I6N4O10. The summed E-state index contributed by atoms with van der Waals surface area (Å²) in [5.41, 5.74) is 0.113. The van der Waals surface area contributed by atoms with Gasteiger partial charge in [0.15, 0.2) is 0 Å². The van der Waals surface area contributed by atoms with Crippen LogP contribution in [0.1, 0.15) is 81.0 Å². The average molecular weight is 1340 g/mol. The van der Waals surface area contributed by atoms with Crippen molar-refractivity contribution in [3.8, 4) is 0 Å². The quantitative estimate of drug-likeness (QED) is 0.0872. The predicted octanol–water partition coefficient (Wildman–Crippen LogP) is 5.07. The highest BCUT2D eigenvalue weighted by Crippen LogP contribution is 2.37. The maximum Gasteiger partial charge on any atom is 0.337 e. The Morgan fingerprint density at radius 1 is 0.542 bits per heavy atom. The molecule has 0 aliphatic rings. The number of carbonyl (C=O) groups is 6. The first-order valence-electron chi connectivity index (χ1n) is 13.7. The standard InChI is InChI=1S/C28H28I6N4O10/c1-9(39)7-35-25(43)13-17(29)15(27(45)46)21(33)23(19(13)31)37-11(41)5-3-4-6-12(42)38-24-20(32)14(26(44)36-8-10(2)40)18(30)16(22(24)34)28(47)48/h9-10,39-40H,3-8H2,1-2H3,(H,35,43)(H,36,44)(H,37,41)(H,38,42)(H,45,46)(H,47,48). The number of aromatic carboxylic acids is 2. The Hall–Kier alpha value is -0.440. The molecule has 0 spiro atoms. The number of rotatable bonds is 15. The van der Waals surface area contributed by atoms with Crippen LogP contribution in [0.3, 0.4) is 0 Å². The molecule has 2 aromatic carbocycles. The molecule has 4 amide bonds. The Morgan fingerprint density at radius 3 is 1.10 bits per heavy atom. The number of halogens is 6. The van der Waals surface area contributed by atoms with Gasteiger partial charge in [0.25, 0.3) is 11.8 Å². The van der Waals surface area contributed by atoms with E-state index in [1.54, 1.807) is 90.4 Å². The molecule has 0 radical (unpaired) electrons. The molecule has 0 aromatic heterocycles. The van der Waals surface area contributed by atoms with Gasteiger partial charge in [-0.2, -0.15) is 0 Å². The van der Waals surface area contributed by atoms with Crippen LogP contribution in [0.4, 0.5) is 11.4 Å². The number of hydrogen-bond acceptors (Lipinski definition) is 8. The maximum absolute atomic E-state index is 12.9. The molecule has 2 atom stereocenters. The zero-order valence-electron chi connectivity index (χ0n) is 24.9. The van der Waals surface area contributed by atoms with E-state index < -0.39 is 47.8 Å². The molecule has 262 valence electrons. The molecule has 48 heavy (non-hydrogen) atoms. The predicted molar refractivity (Wildman–Crippen MR) is 227 cm³/mol. The molecule has 0 aliphatic carbocycles. The minimum absolute atomic E-state index is 0.0350. The van der Waals surface area contributed by atoms with Crippen molar-refractivity contribution in [1.29, 1.82) is 0 Å². The van der Waals surface area contributed by atoms with Gasteiger partial charge in [-0.3, -0.25) is 19.2 Å². The molecule has 2 rings (SSSR count). The van der Waals surface area contributed by atoms with Crippen molar-refractivity contribution in [1.82, 2.24) is 10.6 Å². The van der Waals surface area contributed by atoms with Crippen LogP contribution in [0.5, 0.6) is 0 Å². The highest BCUT2D eigenvalue weighted by atomic mass is 127. The molecule has 0 heterocycles. The van der Waals surface area contributed by atoms with Crippen molar-refractivity contribution in [3.63, 3.8) is 0 Å². The summed E-state index contributed by atoms with van der Waals surface area (Å²) in [4.78, 5) is 75.8. The number of benzene rings is 2. The molecule has 0 saturated carbocycles. The summed E-state index contributed by atoms with van der Waals surface area (Å²) in [5, 5.41) is 49.3. The van der Waals surface area contributed by atoms with E-state index in [9.17, 15) is 49.2 Å². The van der Waals surface area contributed by atoms with E-state index in [0.29, 0.717) is 7.14 Å². The normalized spacial score (nSPS) is 12.1. The SMILES string of the molecule is CC(O)CNC(=O)c1c(I)c(NC(=O)CCCCC(=O)Nc2c(I)c(C(=O)O)c(I)c(C(=O)NCC(C)O)c2I)c(I)c(C(=O)O)c1I. The molecular weight excluding hydrogens is 1310 g/mol. The number of aliphatic hydroxyl groups is 2. The average Bonchev–Trinajstić information content (AvgIpc) is 2.97. The zero-order valence-corrected chi connectivity index (χ0v) is 37.8. The molecule has 2 unspecified atom stereocenters. The molecule has 0 aliphatic heterocycles. The lowest BCUT2D eigenvalue weighted by atomic mass is 10.1. The van der Waals surface area contributed by atoms with Gasteiger partial charge in [0.2, 0.25) is 11.8 Å². The summed E-state index contributed by atoms with van der Waals surface area (Å²) in [7, 11) is 0. The van der Waals surface area contributed by atoms with Gasteiger partial charge >= 0.3 is 11.9 Å². The van der Waals surface area contributed by atoms with Crippen LogP contribution in [0, 0.1) is 21.4 Å². The number of nitrogens with one attached hydrogen (secondary N) is 4. The fourth-order valence-electron chi connectivity index (χ4n) is 3.95. The van der Waals surface area contributed by atoms with Crippen molar-refractivity contribution in [2.45, 2.75) is 51.7 Å². The highest BCUT2D eigenvalue weighted by Gasteiger charge is 2.30. The Bertz CT molecular complexity index is 1530. The molecule has 0 saturated heterocycles. The zero-order chi connectivity index (χ0) is 36.6. The van der Waals surface area contributed by atoms with E-state index >= 15 is 0 Å². The monoisotopic (exact) mass is 1340 g/mol. The number of carboxylic acids is 2. The van der Waals surface area contributed by atoms with Crippen molar-refractivity contribution >= 4 is 182 Å². The Morgan fingerprint density at radius 2 is 0.833 bits per heavy atom. The second kappa shape index (κ2) is 20.0. The summed E-state index contributed by atoms with van der Waals surface area (Å²) in [5.74, 6) is -4.73. The fourth-order valence-corrected chi connectivity index (χ4v) is 12.7. The number of aliphatic hydroxyl groups excluding tert-OH is 2. The van der Waals surface area contributed by atoms with Crippen molar-refractivity contribution in [2.24, 2.45) is 0 Å². The van der Waals surface area contributed by atoms with Crippen LogP contribution >= 0.6 is 136 Å². The van der Waals surface area contributed by atoms with Gasteiger partial charge in [0.1, 0.15) is 0 Å². The van der Waals surface area contributed by atoms with Gasteiger partial charge in [0, 0.05) is 33.1 Å². The number of amides is 4. The van der Waals surface area contributed by atoms with Crippen molar-refractivity contribution in [3.05, 3.63) is 43.7 Å². The van der Waals surface area contributed by atoms with Crippen LogP contribution in [0.15, 0.2) is 0 Å². The largest absolute Gasteiger partial charge is 0.478 e. The third-order valence-corrected chi connectivity index (χ3v) is 12.7.